The second-order valence-electron chi connectivity index (χ2n) is 4.16. The van der Waals surface area contributed by atoms with Crippen LogP contribution in [0.1, 0.15) is 12.2 Å². The van der Waals surface area contributed by atoms with E-state index in [4.69, 9.17) is 14.9 Å². The van der Waals surface area contributed by atoms with E-state index in [1.54, 1.807) is 6.26 Å². The molecule has 1 unspecified atom stereocenters. The van der Waals surface area contributed by atoms with Gasteiger partial charge in [-0.15, -0.1) is 0 Å². The van der Waals surface area contributed by atoms with E-state index in [-0.39, 0.29) is 0 Å². The molecule has 0 radical (unpaired) electrons. The third-order valence-corrected chi connectivity index (χ3v) is 3.08. The van der Waals surface area contributed by atoms with Crippen LogP contribution in [0.4, 0.5) is 0 Å². The summed E-state index contributed by atoms with van der Waals surface area (Å²) in [5, 5.41) is 0. The molecule has 4 heteroatoms. The first-order chi connectivity index (χ1) is 7.90. The summed E-state index contributed by atoms with van der Waals surface area (Å²) in [6.07, 6.45) is 3.69. The highest BCUT2D eigenvalue weighted by Gasteiger charge is 2.21. The number of furan rings is 1. The summed E-state index contributed by atoms with van der Waals surface area (Å²) in [4.78, 5) is 2.46. The van der Waals surface area contributed by atoms with Crippen LogP contribution in [0.5, 0.6) is 0 Å². The number of morpholine rings is 1. The fraction of sp³-hybridized carbons (Fsp3) is 0.667. The molecule has 1 saturated heterocycles. The Morgan fingerprint density at radius 2 is 2.19 bits per heavy atom. The second-order valence-corrected chi connectivity index (χ2v) is 4.16. The van der Waals surface area contributed by atoms with Gasteiger partial charge < -0.3 is 14.9 Å². The molecular formula is C12H20N2O2. The number of hydrogen-bond donors (Lipinski definition) is 1. The van der Waals surface area contributed by atoms with E-state index in [0.717, 1.165) is 51.4 Å². The molecule has 0 saturated carbocycles. The van der Waals surface area contributed by atoms with Crippen molar-refractivity contribution in [3.05, 3.63) is 24.2 Å². The normalized spacial score (nSPS) is 19.8. The molecule has 1 aliphatic rings. The van der Waals surface area contributed by atoms with Gasteiger partial charge in [0, 0.05) is 25.6 Å². The molecule has 0 spiro atoms. The lowest BCUT2D eigenvalue weighted by Crippen LogP contribution is -2.45. The fourth-order valence-corrected chi connectivity index (χ4v) is 2.21. The van der Waals surface area contributed by atoms with Crippen molar-refractivity contribution in [2.75, 3.05) is 32.8 Å². The molecule has 16 heavy (non-hydrogen) atoms. The Labute approximate surface area is 96.4 Å². The van der Waals surface area contributed by atoms with Gasteiger partial charge in [-0.2, -0.15) is 0 Å². The lowest BCUT2D eigenvalue weighted by atomic mass is 10.1. The second kappa shape index (κ2) is 6.03. The Bertz CT molecular complexity index is 281. The van der Waals surface area contributed by atoms with Crippen LogP contribution in [-0.4, -0.2) is 43.8 Å². The minimum atomic E-state index is 0.486. The molecule has 1 fully saturated rings. The highest BCUT2D eigenvalue weighted by Crippen LogP contribution is 2.13. The third-order valence-electron chi connectivity index (χ3n) is 3.08. The summed E-state index contributed by atoms with van der Waals surface area (Å²) < 4.78 is 10.8. The Morgan fingerprint density at radius 1 is 1.38 bits per heavy atom. The maximum absolute atomic E-state index is 5.68. The SMILES string of the molecule is NCCC(Cc1ccco1)N1CCOCC1. The summed E-state index contributed by atoms with van der Waals surface area (Å²) in [6, 6.07) is 4.46. The van der Waals surface area contributed by atoms with E-state index in [0.29, 0.717) is 6.04 Å². The Morgan fingerprint density at radius 3 is 2.81 bits per heavy atom. The molecule has 0 aromatic carbocycles. The third kappa shape index (κ3) is 3.07. The minimum Gasteiger partial charge on any atom is -0.469 e. The average molecular weight is 224 g/mol. The van der Waals surface area contributed by atoms with Gasteiger partial charge in [0.1, 0.15) is 5.76 Å². The predicted octanol–water partition coefficient (Wildman–Crippen LogP) is 0.872. The minimum absolute atomic E-state index is 0.486. The first-order valence-corrected chi connectivity index (χ1v) is 5.94. The van der Waals surface area contributed by atoms with Crippen LogP contribution < -0.4 is 5.73 Å². The summed E-state index contributed by atoms with van der Waals surface area (Å²) >= 11 is 0. The fourth-order valence-electron chi connectivity index (χ4n) is 2.21. The van der Waals surface area contributed by atoms with Gasteiger partial charge in [-0.1, -0.05) is 0 Å². The van der Waals surface area contributed by atoms with Crippen molar-refractivity contribution < 1.29 is 9.15 Å². The summed E-state index contributed by atoms with van der Waals surface area (Å²) in [5.41, 5.74) is 5.68. The molecule has 0 bridgehead atoms. The maximum Gasteiger partial charge on any atom is 0.105 e. The number of hydrogen-bond acceptors (Lipinski definition) is 4. The zero-order valence-electron chi connectivity index (χ0n) is 9.60. The summed E-state index contributed by atoms with van der Waals surface area (Å²) in [5.74, 6) is 1.05. The number of nitrogens with two attached hydrogens (primary N) is 1. The summed E-state index contributed by atoms with van der Waals surface area (Å²) in [7, 11) is 0. The van der Waals surface area contributed by atoms with Crippen molar-refractivity contribution in [2.24, 2.45) is 5.73 Å². The average Bonchev–Trinajstić information content (AvgIpc) is 2.83. The van der Waals surface area contributed by atoms with Crippen molar-refractivity contribution in [1.29, 1.82) is 0 Å². The van der Waals surface area contributed by atoms with Crippen molar-refractivity contribution >= 4 is 0 Å². The maximum atomic E-state index is 5.68. The van der Waals surface area contributed by atoms with E-state index < -0.39 is 0 Å². The van der Waals surface area contributed by atoms with Crippen LogP contribution in [0.15, 0.2) is 22.8 Å². The van der Waals surface area contributed by atoms with Crippen molar-refractivity contribution in [3.8, 4) is 0 Å². The standard InChI is InChI=1S/C12H20N2O2/c13-4-3-11(10-12-2-1-7-16-12)14-5-8-15-9-6-14/h1-2,7,11H,3-6,8-10,13H2. The highest BCUT2D eigenvalue weighted by atomic mass is 16.5. The molecule has 1 aromatic rings. The molecule has 2 N–H and O–H groups in total. The Kier molecular flexibility index (Phi) is 4.39. The van der Waals surface area contributed by atoms with Gasteiger partial charge in [0.2, 0.25) is 0 Å². The smallest absolute Gasteiger partial charge is 0.105 e. The Hall–Kier alpha value is -0.840. The van der Waals surface area contributed by atoms with Gasteiger partial charge in [-0.05, 0) is 25.1 Å². The van der Waals surface area contributed by atoms with E-state index >= 15 is 0 Å². The van der Waals surface area contributed by atoms with Crippen LogP contribution in [0, 0.1) is 0 Å². The number of rotatable bonds is 5. The molecule has 4 nitrogen and oxygen atoms in total. The lowest BCUT2D eigenvalue weighted by Gasteiger charge is -2.34. The predicted molar refractivity (Wildman–Crippen MR) is 62.3 cm³/mol. The van der Waals surface area contributed by atoms with Gasteiger partial charge in [0.05, 0.1) is 19.5 Å². The van der Waals surface area contributed by atoms with Crippen LogP contribution in [0.2, 0.25) is 0 Å². The van der Waals surface area contributed by atoms with Crippen molar-refractivity contribution in [1.82, 2.24) is 4.90 Å². The van der Waals surface area contributed by atoms with Crippen molar-refractivity contribution in [3.63, 3.8) is 0 Å². The molecule has 2 rings (SSSR count). The monoisotopic (exact) mass is 224 g/mol. The molecule has 2 heterocycles. The van der Waals surface area contributed by atoms with Crippen LogP contribution in [0.25, 0.3) is 0 Å². The van der Waals surface area contributed by atoms with E-state index in [1.807, 2.05) is 12.1 Å². The Balaban J connectivity index is 1.92. The van der Waals surface area contributed by atoms with Gasteiger partial charge >= 0.3 is 0 Å². The van der Waals surface area contributed by atoms with Gasteiger partial charge in [0.25, 0.3) is 0 Å². The topological polar surface area (TPSA) is 51.6 Å². The number of nitrogens with zero attached hydrogens (tertiary/aromatic N) is 1. The summed E-state index contributed by atoms with van der Waals surface area (Å²) in [6.45, 7) is 4.40. The van der Waals surface area contributed by atoms with Gasteiger partial charge in [-0.3, -0.25) is 4.90 Å². The quantitative estimate of drug-likeness (QED) is 0.806. The van der Waals surface area contributed by atoms with Gasteiger partial charge in [0.15, 0.2) is 0 Å². The zero-order valence-corrected chi connectivity index (χ0v) is 9.60. The highest BCUT2D eigenvalue weighted by molar-refractivity contribution is 5.01. The largest absolute Gasteiger partial charge is 0.469 e. The van der Waals surface area contributed by atoms with E-state index in [9.17, 15) is 0 Å². The first kappa shape index (κ1) is 11.6. The van der Waals surface area contributed by atoms with Crippen LogP contribution in [0.3, 0.4) is 0 Å². The zero-order chi connectivity index (χ0) is 11.2. The molecular weight excluding hydrogens is 204 g/mol. The van der Waals surface area contributed by atoms with E-state index in [1.165, 1.54) is 0 Å². The molecule has 0 aliphatic carbocycles. The molecule has 1 aromatic heterocycles. The number of ether oxygens (including phenoxy) is 1. The molecule has 90 valence electrons. The molecule has 1 atom stereocenters. The molecule has 1 aliphatic heterocycles. The van der Waals surface area contributed by atoms with E-state index in [2.05, 4.69) is 4.90 Å². The molecule has 0 amide bonds. The van der Waals surface area contributed by atoms with Crippen LogP contribution >= 0.6 is 0 Å². The van der Waals surface area contributed by atoms with Gasteiger partial charge in [-0.25, -0.2) is 0 Å². The van der Waals surface area contributed by atoms with Crippen LogP contribution in [-0.2, 0) is 11.2 Å². The lowest BCUT2D eigenvalue weighted by molar-refractivity contribution is 0.0143. The first-order valence-electron chi connectivity index (χ1n) is 5.94. The van der Waals surface area contributed by atoms with Crippen molar-refractivity contribution in [2.45, 2.75) is 18.9 Å².